The fraction of sp³-hybridized carbons (Fsp3) is 0.429. The van der Waals surface area contributed by atoms with Crippen LogP contribution < -0.4 is 5.32 Å². The van der Waals surface area contributed by atoms with Crippen LogP contribution in [0.1, 0.15) is 32.0 Å². The second kappa shape index (κ2) is 7.67. The van der Waals surface area contributed by atoms with Crippen LogP contribution in [-0.4, -0.2) is 49.5 Å². The number of nitrogens with zero attached hydrogens (tertiary/aromatic N) is 5. The molecule has 1 atom stereocenters. The number of hydrogen-bond acceptors (Lipinski definition) is 5. The lowest BCUT2D eigenvalue weighted by atomic mass is 10.1. The van der Waals surface area contributed by atoms with Gasteiger partial charge in [-0.25, -0.2) is 9.97 Å². The van der Waals surface area contributed by atoms with Gasteiger partial charge in [0, 0.05) is 24.2 Å². The van der Waals surface area contributed by atoms with E-state index < -0.39 is 0 Å². The number of pyridine rings is 2. The van der Waals surface area contributed by atoms with Gasteiger partial charge < -0.3 is 9.88 Å². The van der Waals surface area contributed by atoms with Crippen LogP contribution in [0, 0.1) is 6.92 Å². The largest absolute Gasteiger partial charge is 0.331 e. The number of anilines is 1. The summed E-state index contributed by atoms with van der Waals surface area (Å²) in [6, 6.07) is 3.79. The molecular formula is C21H26N6O. The molecule has 0 aromatic carbocycles. The number of imidazole rings is 1. The van der Waals surface area contributed by atoms with E-state index in [1.54, 1.807) is 6.20 Å². The minimum atomic E-state index is -0.153. The molecule has 4 rings (SSSR count). The summed E-state index contributed by atoms with van der Waals surface area (Å²) in [6.45, 7) is 5.90. The molecule has 4 heterocycles. The molecule has 0 bridgehead atoms. The van der Waals surface area contributed by atoms with E-state index in [1.807, 2.05) is 43.9 Å². The van der Waals surface area contributed by atoms with Crippen LogP contribution in [0.5, 0.6) is 0 Å². The van der Waals surface area contributed by atoms with Crippen molar-refractivity contribution in [3.8, 4) is 11.3 Å². The number of carbonyl (C=O) groups excluding carboxylic acids is 1. The average molecular weight is 378 g/mol. The van der Waals surface area contributed by atoms with E-state index in [0.717, 1.165) is 53.9 Å². The monoisotopic (exact) mass is 378 g/mol. The first-order chi connectivity index (χ1) is 13.5. The van der Waals surface area contributed by atoms with E-state index >= 15 is 0 Å². The van der Waals surface area contributed by atoms with Crippen molar-refractivity contribution in [2.45, 2.75) is 39.2 Å². The summed E-state index contributed by atoms with van der Waals surface area (Å²) in [5.41, 5.74) is 2.79. The molecule has 7 heteroatoms. The summed E-state index contributed by atoms with van der Waals surface area (Å²) in [5.74, 6) is 1.49. The van der Waals surface area contributed by atoms with E-state index in [-0.39, 0.29) is 11.9 Å². The Bertz CT molecular complexity index is 1010. The molecule has 28 heavy (non-hydrogen) atoms. The summed E-state index contributed by atoms with van der Waals surface area (Å²) in [4.78, 5) is 28.1. The Hall–Kier alpha value is -2.80. The Morgan fingerprint density at radius 3 is 2.57 bits per heavy atom. The molecule has 3 aromatic heterocycles. The number of piperidine rings is 1. The molecule has 7 nitrogen and oxygen atoms in total. The predicted octanol–water partition coefficient (Wildman–Crippen LogP) is 3.15. The van der Waals surface area contributed by atoms with Gasteiger partial charge in [-0.3, -0.25) is 14.7 Å². The van der Waals surface area contributed by atoms with Gasteiger partial charge >= 0.3 is 0 Å². The summed E-state index contributed by atoms with van der Waals surface area (Å²) >= 11 is 0. The maximum absolute atomic E-state index is 12.7. The average Bonchev–Trinajstić information content (AvgIpc) is 3.06. The number of aromatic nitrogens is 4. The predicted molar refractivity (Wildman–Crippen MR) is 110 cm³/mol. The third kappa shape index (κ3) is 3.62. The summed E-state index contributed by atoms with van der Waals surface area (Å²) < 4.78 is 2.03. The summed E-state index contributed by atoms with van der Waals surface area (Å²) in [5, 5.41) is 3.91. The van der Waals surface area contributed by atoms with Crippen molar-refractivity contribution in [3.63, 3.8) is 0 Å². The van der Waals surface area contributed by atoms with Gasteiger partial charge in [0.25, 0.3) is 0 Å². The number of carbonyl (C=O) groups is 1. The minimum Gasteiger partial charge on any atom is -0.331 e. The lowest BCUT2D eigenvalue weighted by Gasteiger charge is -2.31. The van der Waals surface area contributed by atoms with Crippen molar-refractivity contribution in [2.75, 3.05) is 18.4 Å². The molecule has 1 fully saturated rings. The zero-order valence-electron chi connectivity index (χ0n) is 16.6. The molecule has 1 saturated heterocycles. The van der Waals surface area contributed by atoms with E-state index in [0.29, 0.717) is 5.82 Å². The zero-order chi connectivity index (χ0) is 19.7. The first-order valence-electron chi connectivity index (χ1n) is 9.82. The Morgan fingerprint density at radius 2 is 1.86 bits per heavy atom. The van der Waals surface area contributed by atoms with Gasteiger partial charge in [0.2, 0.25) is 5.91 Å². The van der Waals surface area contributed by atoms with Crippen molar-refractivity contribution in [1.82, 2.24) is 24.4 Å². The molecule has 0 aliphatic carbocycles. The number of nitrogens with one attached hydrogen (secondary N) is 1. The normalized spacial score (nSPS) is 16.2. The summed E-state index contributed by atoms with van der Waals surface area (Å²) in [6.07, 6.45) is 8.96. The maximum Gasteiger partial charge on any atom is 0.242 e. The number of rotatable bonds is 4. The highest BCUT2D eigenvalue weighted by Crippen LogP contribution is 2.24. The lowest BCUT2D eigenvalue weighted by molar-refractivity contribution is -0.121. The molecule has 1 amide bonds. The van der Waals surface area contributed by atoms with Gasteiger partial charge in [0.1, 0.15) is 11.6 Å². The van der Waals surface area contributed by atoms with Gasteiger partial charge in [-0.05, 0) is 51.9 Å². The molecule has 1 N–H and O–H groups in total. The van der Waals surface area contributed by atoms with E-state index in [2.05, 4.69) is 31.2 Å². The molecule has 1 aliphatic rings. The first-order valence-corrected chi connectivity index (χ1v) is 9.82. The van der Waals surface area contributed by atoms with Crippen LogP contribution in [0.4, 0.5) is 5.82 Å². The third-order valence-electron chi connectivity index (χ3n) is 5.65. The second-order valence-electron chi connectivity index (χ2n) is 7.50. The van der Waals surface area contributed by atoms with Crippen LogP contribution in [-0.2, 0) is 11.8 Å². The van der Waals surface area contributed by atoms with Crippen LogP contribution in [0.15, 0.2) is 30.7 Å². The highest BCUT2D eigenvalue weighted by Gasteiger charge is 2.23. The standard InChI is InChI=1S/C21H26N6O/c1-14(27-7-5-4-6-8-27)21(28)25-20-10-16-9-17(11-23-18(16)12-24-20)19-13-22-15(2)26(19)3/h9-14H,4-8H2,1-3H3,(H,24,25,28). The molecule has 0 saturated carbocycles. The smallest absolute Gasteiger partial charge is 0.242 e. The van der Waals surface area contributed by atoms with Crippen LogP contribution in [0.3, 0.4) is 0 Å². The molecule has 0 radical (unpaired) electrons. The van der Waals surface area contributed by atoms with Crippen molar-refractivity contribution in [2.24, 2.45) is 7.05 Å². The first kappa shape index (κ1) is 18.6. The number of likely N-dealkylation sites (tertiary alicyclic amines) is 1. The van der Waals surface area contributed by atoms with Gasteiger partial charge in [-0.1, -0.05) is 6.42 Å². The molecular weight excluding hydrogens is 352 g/mol. The fourth-order valence-electron chi connectivity index (χ4n) is 3.71. The maximum atomic E-state index is 12.7. The summed E-state index contributed by atoms with van der Waals surface area (Å²) in [7, 11) is 1.99. The van der Waals surface area contributed by atoms with Crippen molar-refractivity contribution in [1.29, 1.82) is 0 Å². The number of amides is 1. The Labute approximate surface area is 164 Å². The van der Waals surface area contributed by atoms with E-state index in [1.165, 1.54) is 6.42 Å². The lowest BCUT2D eigenvalue weighted by Crippen LogP contribution is -2.44. The number of fused-ring (bicyclic) bond motifs is 1. The second-order valence-corrected chi connectivity index (χ2v) is 7.50. The van der Waals surface area contributed by atoms with E-state index in [9.17, 15) is 4.79 Å². The van der Waals surface area contributed by atoms with Gasteiger partial charge in [0.15, 0.2) is 0 Å². The zero-order valence-corrected chi connectivity index (χ0v) is 16.6. The highest BCUT2D eigenvalue weighted by molar-refractivity contribution is 5.95. The van der Waals surface area contributed by atoms with Gasteiger partial charge in [0.05, 0.1) is 29.6 Å². The molecule has 146 valence electrons. The Morgan fingerprint density at radius 1 is 1.07 bits per heavy atom. The molecule has 1 unspecified atom stereocenters. The quantitative estimate of drug-likeness (QED) is 0.755. The number of hydrogen-bond donors (Lipinski definition) is 1. The van der Waals surface area contributed by atoms with Gasteiger partial charge in [-0.15, -0.1) is 0 Å². The van der Waals surface area contributed by atoms with Crippen LogP contribution in [0.25, 0.3) is 22.2 Å². The molecule has 1 aliphatic heterocycles. The fourth-order valence-corrected chi connectivity index (χ4v) is 3.71. The van der Waals surface area contributed by atoms with Crippen molar-refractivity contribution in [3.05, 3.63) is 36.5 Å². The topological polar surface area (TPSA) is 75.9 Å². The molecule has 0 spiro atoms. The number of aryl methyl sites for hydroxylation is 1. The Balaban J connectivity index is 1.56. The molecule has 3 aromatic rings. The van der Waals surface area contributed by atoms with Crippen molar-refractivity contribution >= 4 is 22.6 Å². The minimum absolute atomic E-state index is 0.0138. The highest BCUT2D eigenvalue weighted by atomic mass is 16.2. The van der Waals surface area contributed by atoms with Crippen LogP contribution in [0.2, 0.25) is 0 Å². The Kier molecular flexibility index (Phi) is 5.09. The third-order valence-corrected chi connectivity index (χ3v) is 5.65. The van der Waals surface area contributed by atoms with Crippen LogP contribution >= 0.6 is 0 Å². The van der Waals surface area contributed by atoms with Gasteiger partial charge in [-0.2, -0.15) is 0 Å². The van der Waals surface area contributed by atoms with Crippen molar-refractivity contribution < 1.29 is 4.79 Å². The van der Waals surface area contributed by atoms with E-state index in [4.69, 9.17) is 0 Å². The SMILES string of the molecule is Cc1ncc(-c2cnc3cnc(NC(=O)C(C)N4CCCCC4)cc3c2)n1C.